The Kier molecular flexibility index (Phi) is 12.3. The summed E-state index contributed by atoms with van der Waals surface area (Å²) in [4.78, 5) is 36.2. The summed E-state index contributed by atoms with van der Waals surface area (Å²) >= 11 is 0. The molecular weight excluding hydrogens is 468 g/mol. The molecule has 0 aliphatic carbocycles. The number of benzene rings is 2. The standard InChI is InChI=1S/C25H27N3O5.2Na/c1-15-7-4-5-9-18(15)11-17-8-6-10-19(12-17)20(13-21(29)30)26-25(33)27-22-23(31)16(2)14-28(3)24(22)32;;/h4-10,12,14,20,31H,11,13H2,1-3H3,(H,29,30)(H2,26,27,33);;/q;2*+1/p-2. The number of hydrogen-bond donors (Lipinski definition) is 2. The van der Waals surface area contributed by atoms with Crippen molar-refractivity contribution in [3.63, 3.8) is 0 Å². The Morgan fingerprint density at radius 3 is 2.37 bits per heavy atom. The zero-order chi connectivity index (χ0) is 24.1. The Hall–Kier alpha value is -2.07. The van der Waals surface area contributed by atoms with Gasteiger partial charge in [0, 0.05) is 25.6 Å². The van der Waals surface area contributed by atoms with Crippen molar-refractivity contribution in [2.24, 2.45) is 7.05 Å². The number of carbonyl (C=O) groups is 2. The molecule has 1 unspecified atom stereocenters. The number of aliphatic carboxylic acids is 1. The average molecular weight is 493 g/mol. The van der Waals surface area contributed by atoms with Crippen LogP contribution in [-0.4, -0.2) is 16.6 Å². The predicted octanol–water partition coefficient (Wildman–Crippen LogP) is -4.32. The Morgan fingerprint density at radius 1 is 1.03 bits per heavy atom. The summed E-state index contributed by atoms with van der Waals surface area (Å²) in [6, 6.07) is 13.4. The predicted molar refractivity (Wildman–Crippen MR) is 121 cm³/mol. The van der Waals surface area contributed by atoms with Gasteiger partial charge < -0.3 is 30.2 Å². The second kappa shape index (κ2) is 13.9. The molecule has 8 nitrogen and oxygen atoms in total. The van der Waals surface area contributed by atoms with Crippen LogP contribution < -0.4 is 85.5 Å². The summed E-state index contributed by atoms with van der Waals surface area (Å²) < 4.78 is 1.19. The summed E-state index contributed by atoms with van der Waals surface area (Å²) in [5.74, 6) is -1.94. The zero-order valence-electron chi connectivity index (χ0n) is 20.7. The van der Waals surface area contributed by atoms with Crippen molar-refractivity contribution in [2.75, 3.05) is 5.32 Å². The van der Waals surface area contributed by atoms with E-state index < -0.39 is 41.5 Å². The molecule has 0 aliphatic rings. The van der Waals surface area contributed by atoms with Crippen molar-refractivity contribution in [3.05, 3.63) is 92.9 Å². The molecule has 0 bridgehead atoms. The van der Waals surface area contributed by atoms with E-state index in [4.69, 9.17) is 0 Å². The quantitative estimate of drug-likeness (QED) is 0.322. The first-order valence-corrected chi connectivity index (χ1v) is 10.4. The molecule has 0 spiro atoms. The number of hydrogen-bond acceptors (Lipinski definition) is 5. The SMILES string of the molecule is Cc1ccccc1Cc1cccc(C(CC(=O)[O-])NC(=O)Nc2c([O-])c(C)cn(C)c2=O)c1.[Na+].[Na+]. The minimum absolute atomic E-state index is 0. The fourth-order valence-corrected chi connectivity index (χ4v) is 3.66. The van der Waals surface area contributed by atoms with E-state index >= 15 is 0 Å². The molecule has 35 heavy (non-hydrogen) atoms. The molecule has 0 fully saturated rings. The molecule has 0 saturated carbocycles. The molecular formula is C25H25N3Na2O5. The van der Waals surface area contributed by atoms with E-state index in [2.05, 4.69) is 10.6 Å². The van der Waals surface area contributed by atoms with E-state index in [-0.39, 0.29) is 59.1 Å². The Balaban J connectivity index is 0.00000306. The average Bonchev–Trinajstić information content (AvgIpc) is 2.76. The maximum Gasteiger partial charge on any atom is 1.00 e. The molecule has 172 valence electrons. The third-order valence-corrected chi connectivity index (χ3v) is 5.43. The van der Waals surface area contributed by atoms with E-state index in [0.717, 1.165) is 16.7 Å². The number of amides is 2. The number of aryl methyl sites for hydroxylation is 3. The monoisotopic (exact) mass is 493 g/mol. The molecule has 0 saturated heterocycles. The van der Waals surface area contributed by atoms with E-state index in [0.29, 0.717) is 17.5 Å². The van der Waals surface area contributed by atoms with Gasteiger partial charge in [0.25, 0.3) is 5.56 Å². The number of anilines is 1. The minimum Gasteiger partial charge on any atom is -0.871 e. The van der Waals surface area contributed by atoms with E-state index in [1.54, 1.807) is 12.1 Å². The molecule has 0 aliphatic heterocycles. The van der Waals surface area contributed by atoms with Gasteiger partial charge in [-0.1, -0.05) is 54.3 Å². The molecule has 3 aromatic rings. The van der Waals surface area contributed by atoms with Gasteiger partial charge in [-0.25, -0.2) is 4.79 Å². The second-order valence-corrected chi connectivity index (χ2v) is 8.01. The van der Waals surface area contributed by atoms with Gasteiger partial charge in [0.05, 0.1) is 6.04 Å². The second-order valence-electron chi connectivity index (χ2n) is 8.01. The topological polar surface area (TPSA) is 126 Å². The largest absolute Gasteiger partial charge is 1.00 e. The number of aromatic nitrogens is 1. The van der Waals surface area contributed by atoms with Gasteiger partial charge in [0.1, 0.15) is 5.69 Å². The van der Waals surface area contributed by atoms with Crippen molar-refractivity contribution in [1.29, 1.82) is 0 Å². The first-order valence-electron chi connectivity index (χ1n) is 10.4. The van der Waals surface area contributed by atoms with E-state index in [1.807, 2.05) is 43.3 Å². The van der Waals surface area contributed by atoms with Crippen molar-refractivity contribution in [2.45, 2.75) is 32.7 Å². The van der Waals surface area contributed by atoms with Gasteiger partial charge in [-0.3, -0.25) is 4.79 Å². The molecule has 0 radical (unpaired) electrons. The van der Waals surface area contributed by atoms with Crippen LogP contribution in [0.3, 0.4) is 0 Å². The van der Waals surface area contributed by atoms with Gasteiger partial charge in [0.15, 0.2) is 0 Å². The Morgan fingerprint density at radius 2 is 1.71 bits per heavy atom. The van der Waals surface area contributed by atoms with Crippen LogP contribution in [-0.2, 0) is 18.3 Å². The van der Waals surface area contributed by atoms with Gasteiger partial charge in [-0.15, -0.1) is 0 Å². The Labute approximate surface area is 248 Å². The minimum atomic E-state index is -1.35. The first-order chi connectivity index (χ1) is 15.7. The van der Waals surface area contributed by atoms with Crippen LogP contribution >= 0.6 is 0 Å². The number of pyridine rings is 1. The number of urea groups is 1. The van der Waals surface area contributed by atoms with Crippen LogP contribution in [0.4, 0.5) is 10.5 Å². The maximum absolute atomic E-state index is 12.6. The van der Waals surface area contributed by atoms with Crippen LogP contribution in [0, 0.1) is 13.8 Å². The summed E-state index contributed by atoms with van der Waals surface area (Å²) in [6.45, 7) is 3.55. The van der Waals surface area contributed by atoms with Crippen LogP contribution in [0.15, 0.2) is 59.5 Å². The molecule has 10 heteroatoms. The normalized spacial score (nSPS) is 10.9. The van der Waals surface area contributed by atoms with Crippen LogP contribution in [0.25, 0.3) is 0 Å². The van der Waals surface area contributed by atoms with Crippen molar-refractivity contribution < 1.29 is 78.9 Å². The van der Waals surface area contributed by atoms with Gasteiger partial charge in [-0.05, 0) is 48.1 Å². The molecule has 2 amide bonds. The zero-order valence-corrected chi connectivity index (χ0v) is 24.7. The number of carboxylic acid groups (broad SMARTS) is 1. The van der Waals surface area contributed by atoms with Gasteiger partial charge in [-0.2, -0.15) is 0 Å². The number of rotatable bonds is 7. The van der Waals surface area contributed by atoms with Crippen LogP contribution in [0.2, 0.25) is 0 Å². The molecule has 2 N–H and O–H groups in total. The summed E-state index contributed by atoms with van der Waals surface area (Å²) in [6.07, 6.45) is 1.55. The fraction of sp³-hybridized carbons (Fsp3) is 0.240. The van der Waals surface area contributed by atoms with Crippen LogP contribution in [0.5, 0.6) is 5.75 Å². The smallest absolute Gasteiger partial charge is 0.871 e. The molecule has 1 aromatic heterocycles. The third-order valence-electron chi connectivity index (χ3n) is 5.43. The molecule has 1 heterocycles. The van der Waals surface area contributed by atoms with Crippen LogP contribution in [0.1, 0.15) is 40.3 Å². The molecule has 2 aromatic carbocycles. The molecule has 3 rings (SSSR count). The number of nitrogens with zero attached hydrogens (tertiary/aromatic N) is 1. The number of carboxylic acids is 1. The summed E-state index contributed by atoms with van der Waals surface area (Å²) in [7, 11) is 1.47. The van der Waals surface area contributed by atoms with E-state index in [1.165, 1.54) is 24.7 Å². The summed E-state index contributed by atoms with van der Waals surface area (Å²) in [5.41, 5.74) is 3.03. The third kappa shape index (κ3) is 8.24. The van der Waals surface area contributed by atoms with Crippen molar-refractivity contribution >= 4 is 17.7 Å². The van der Waals surface area contributed by atoms with Gasteiger partial charge >= 0.3 is 65.1 Å². The number of carbonyl (C=O) groups excluding carboxylic acids is 2. The van der Waals surface area contributed by atoms with Crippen molar-refractivity contribution in [1.82, 2.24) is 9.88 Å². The van der Waals surface area contributed by atoms with E-state index in [9.17, 15) is 24.6 Å². The first kappa shape index (κ1) is 31.0. The van der Waals surface area contributed by atoms with Gasteiger partial charge in [0.2, 0.25) is 0 Å². The number of nitrogens with one attached hydrogen (secondary N) is 2. The Bertz CT molecular complexity index is 1260. The maximum atomic E-state index is 12.6. The summed E-state index contributed by atoms with van der Waals surface area (Å²) in [5, 5.41) is 28.5. The van der Waals surface area contributed by atoms with Crippen molar-refractivity contribution in [3.8, 4) is 5.75 Å². The fourth-order valence-electron chi connectivity index (χ4n) is 3.66. The molecule has 1 atom stereocenters.